The SMILES string of the molecule is CS(C)(=O)=NCC1CCC(=O)CC1. The first-order chi connectivity index (χ1) is 5.97. The summed E-state index contributed by atoms with van der Waals surface area (Å²) in [7, 11) is -1.95. The lowest BCUT2D eigenvalue weighted by Crippen LogP contribution is -2.16. The van der Waals surface area contributed by atoms with E-state index < -0.39 is 9.73 Å². The van der Waals surface area contributed by atoms with E-state index in [0.717, 1.165) is 12.8 Å². The molecule has 1 fully saturated rings. The molecule has 1 aliphatic carbocycles. The fourth-order valence-electron chi connectivity index (χ4n) is 1.47. The van der Waals surface area contributed by atoms with Gasteiger partial charge in [0.05, 0.1) is 6.54 Å². The van der Waals surface area contributed by atoms with Crippen molar-refractivity contribution in [3.8, 4) is 0 Å². The molecule has 76 valence electrons. The monoisotopic (exact) mass is 203 g/mol. The summed E-state index contributed by atoms with van der Waals surface area (Å²) < 4.78 is 15.4. The van der Waals surface area contributed by atoms with Crippen molar-refractivity contribution in [2.24, 2.45) is 10.3 Å². The van der Waals surface area contributed by atoms with E-state index in [4.69, 9.17) is 0 Å². The van der Waals surface area contributed by atoms with Gasteiger partial charge in [0.1, 0.15) is 5.78 Å². The van der Waals surface area contributed by atoms with Crippen LogP contribution in [0.5, 0.6) is 0 Å². The van der Waals surface area contributed by atoms with E-state index in [0.29, 0.717) is 31.1 Å². The summed E-state index contributed by atoms with van der Waals surface area (Å²) in [5, 5.41) is 0. The van der Waals surface area contributed by atoms with Gasteiger partial charge in [0.2, 0.25) is 0 Å². The van der Waals surface area contributed by atoms with E-state index in [-0.39, 0.29) is 0 Å². The second-order valence-corrected chi connectivity index (χ2v) is 6.60. The van der Waals surface area contributed by atoms with Crippen molar-refractivity contribution in [2.75, 3.05) is 19.1 Å². The van der Waals surface area contributed by atoms with Crippen molar-refractivity contribution in [1.29, 1.82) is 0 Å². The van der Waals surface area contributed by atoms with Crippen LogP contribution in [0.3, 0.4) is 0 Å². The normalized spacial score (nSPS) is 20.3. The van der Waals surface area contributed by atoms with Crippen molar-refractivity contribution in [3.63, 3.8) is 0 Å². The predicted octanol–water partition coefficient (Wildman–Crippen LogP) is 1.47. The Morgan fingerprint density at radius 3 is 2.38 bits per heavy atom. The Morgan fingerprint density at radius 1 is 1.38 bits per heavy atom. The maximum Gasteiger partial charge on any atom is 0.132 e. The maximum atomic E-state index is 11.3. The summed E-state index contributed by atoms with van der Waals surface area (Å²) in [6.07, 6.45) is 6.54. The van der Waals surface area contributed by atoms with Gasteiger partial charge in [-0.15, -0.1) is 0 Å². The highest BCUT2D eigenvalue weighted by molar-refractivity contribution is 7.92. The van der Waals surface area contributed by atoms with Crippen LogP contribution in [0.25, 0.3) is 0 Å². The van der Waals surface area contributed by atoms with Gasteiger partial charge in [-0.3, -0.25) is 9.00 Å². The molecule has 4 heteroatoms. The molecule has 13 heavy (non-hydrogen) atoms. The van der Waals surface area contributed by atoms with Crippen molar-refractivity contribution in [1.82, 2.24) is 0 Å². The second-order valence-electron chi connectivity index (χ2n) is 3.97. The van der Waals surface area contributed by atoms with Crippen LogP contribution in [0.1, 0.15) is 25.7 Å². The molecule has 0 aromatic carbocycles. The number of hydrogen-bond acceptors (Lipinski definition) is 3. The minimum Gasteiger partial charge on any atom is -0.300 e. The Bertz CT molecular complexity index is 285. The summed E-state index contributed by atoms with van der Waals surface area (Å²) in [5.74, 6) is 0.850. The molecule has 0 saturated heterocycles. The van der Waals surface area contributed by atoms with Crippen LogP contribution in [0.2, 0.25) is 0 Å². The van der Waals surface area contributed by atoms with Gasteiger partial charge in [0, 0.05) is 35.1 Å². The lowest BCUT2D eigenvalue weighted by molar-refractivity contribution is -0.120. The highest BCUT2D eigenvalue weighted by Crippen LogP contribution is 2.21. The van der Waals surface area contributed by atoms with E-state index in [9.17, 15) is 9.00 Å². The minimum atomic E-state index is -1.95. The standard InChI is InChI=1S/C9H17NO2S/c1-13(2,12)10-7-8-3-5-9(11)6-4-8/h8H,3-7H2,1-2H3. The number of hydrogen-bond donors (Lipinski definition) is 0. The van der Waals surface area contributed by atoms with Gasteiger partial charge in [0.15, 0.2) is 0 Å². The number of carbonyl (C=O) groups is 1. The number of Topliss-reactive ketones (excluding diaryl/α,β-unsaturated/α-hetero) is 1. The Morgan fingerprint density at radius 2 is 1.92 bits per heavy atom. The Labute approximate surface area is 80.1 Å². The van der Waals surface area contributed by atoms with Gasteiger partial charge in [-0.1, -0.05) is 0 Å². The smallest absolute Gasteiger partial charge is 0.132 e. The van der Waals surface area contributed by atoms with Crippen molar-refractivity contribution in [2.45, 2.75) is 25.7 Å². The lowest BCUT2D eigenvalue weighted by atomic mass is 9.89. The molecule has 0 heterocycles. The predicted molar refractivity (Wildman–Crippen MR) is 54.3 cm³/mol. The van der Waals surface area contributed by atoms with E-state index in [2.05, 4.69) is 4.36 Å². The Balaban J connectivity index is 2.40. The first-order valence-corrected chi connectivity index (χ1v) is 6.95. The molecule has 0 aliphatic heterocycles. The zero-order chi connectivity index (χ0) is 9.90. The molecule has 0 atom stereocenters. The highest BCUT2D eigenvalue weighted by atomic mass is 32.2. The highest BCUT2D eigenvalue weighted by Gasteiger charge is 2.18. The molecule has 0 aromatic heterocycles. The van der Waals surface area contributed by atoms with Gasteiger partial charge in [-0.05, 0) is 18.8 Å². The molecule has 0 spiro atoms. The van der Waals surface area contributed by atoms with E-state index in [1.165, 1.54) is 0 Å². The number of rotatable bonds is 2. The summed E-state index contributed by atoms with van der Waals surface area (Å²) in [5.41, 5.74) is 0. The van der Waals surface area contributed by atoms with Crippen molar-refractivity contribution < 1.29 is 9.00 Å². The van der Waals surface area contributed by atoms with Gasteiger partial charge >= 0.3 is 0 Å². The fraction of sp³-hybridized carbons (Fsp3) is 0.889. The minimum absolute atomic E-state index is 0.366. The lowest BCUT2D eigenvalue weighted by Gasteiger charge is -2.18. The molecule has 1 saturated carbocycles. The zero-order valence-electron chi connectivity index (χ0n) is 8.28. The largest absolute Gasteiger partial charge is 0.300 e. The topological polar surface area (TPSA) is 46.5 Å². The molecule has 0 aromatic rings. The van der Waals surface area contributed by atoms with Crippen LogP contribution >= 0.6 is 0 Å². The van der Waals surface area contributed by atoms with Gasteiger partial charge in [0.25, 0.3) is 0 Å². The molecule has 3 nitrogen and oxygen atoms in total. The molecule has 0 amide bonds. The quantitative estimate of drug-likeness (QED) is 0.682. The zero-order valence-corrected chi connectivity index (χ0v) is 9.10. The Kier molecular flexibility index (Phi) is 3.47. The van der Waals surface area contributed by atoms with Crippen LogP contribution in [-0.2, 0) is 14.5 Å². The molecule has 0 N–H and O–H groups in total. The summed E-state index contributed by atoms with van der Waals surface area (Å²) in [4.78, 5) is 10.9. The van der Waals surface area contributed by atoms with Crippen molar-refractivity contribution >= 4 is 15.5 Å². The van der Waals surface area contributed by atoms with Gasteiger partial charge in [-0.2, -0.15) is 0 Å². The van der Waals surface area contributed by atoms with E-state index >= 15 is 0 Å². The van der Waals surface area contributed by atoms with Crippen LogP contribution in [0.4, 0.5) is 0 Å². The second kappa shape index (κ2) is 4.22. The number of carbonyl (C=O) groups excluding carboxylic acids is 1. The molecule has 0 unspecified atom stereocenters. The molecular formula is C9H17NO2S. The maximum absolute atomic E-state index is 11.3. The molecule has 0 radical (unpaired) electrons. The molecule has 1 rings (SSSR count). The van der Waals surface area contributed by atoms with Gasteiger partial charge in [-0.25, -0.2) is 4.36 Å². The fourth-order valence-corrected chi connectivity index (χ4v) is 2.04. The molecular weight excluding hydrogens is 186 g/mol. The van der Waals surface area contributed by atoms with Crippen LogP contribution in [0.15, 0.2) is 4.36 Å². The van der Waals surface area contributed by atoms with Crippen molar-refractivity contribution in [3.05, 3.63) is 0 Å². The molecule has 0 bridgehead atoms. The molecule has 1 aliphatic rings. The number of nitrogens with zero attached hydrogens (tertiary/aromatic N) is 1. The first kappa shape index (κ1) is 10.7. The third-order valence-electron chi connectivity index (χ3n) is 2.31. The van der Waals surface area contributed by atoms with Crippen LogP contribution in [0, 0.1) is 5.92 Å². The third-order valence-corrected chi connectivity index (χ3v) is 3.08. The number of ketones is 1. The summed E-state index contributed by atoms with van der Waals surface area (Å²) in [6, 6.07) is 0. The first-order valence-electron chi connectivity index (χ1n) is 4.62. The van der Waals surface area contributed by atoms with Crippen LogP contribution < -0.4 is 0 Å². The average Bonchev–Trinajstić information content (AvgIpc) is 2.02. The van der Waals surface area contributed by atoms with Crippen LogP contribution in [-0.4, -0.2) is 29.0 Å². The average molecular weight is 203 g/mol. The summed E-state index contributed by atoms with van der Waals surface area (Å²) in [6.45, 7) is 0.666. The summed E-state index contributed by atoms with van der Waals surface area (Å²) >= 11 is 0. The van der Waals surface area contributed by atoms with Gasteiger partial charge < -0.3 is 0 Å². The van der Waals surface area contributed by atoms with E-state index in [1.807, 2.05) is 0 Å². The Hall–Kier alpha value is -0.380. The third kappa shape index (κ3) is 4.41. The van der Waals surface area contributed by atoms with E-state index in [1.54, 1.807) is 12.5 Å².